The Morgan fingerprint density at radius 3 is 1.94 bits per heavy atom. The Kier molecular flexibility index (Phi) is 8.34. The average Bonchev–Trinajstić information content (AvgIpc) is 3.51. The third-order valence-electron chi connectivity index (χ3n) is 6.29. The SMILES string of the molecule is C[SiH](C)[Ti]([C]1=CC=CC1)[CH]1C=Cc2ccccc21.c1ccc(CCc2ccccc2)cc1. The Morgan fingerprint density at radius 1 is 0.781 bits per heavy atom. The molecular formula is C30H33SiTi. The molecule has 0 nitrogen and oxygen atoms in total. The van der Waals surface area contributed by atoms with Crippen LogP contribution in [0.25, 0.3) is 6.08 Å². The smallest absolute Gasteiger partial charge is 0.0238 e. The largest absolute Gasteiger partial charge is 0.0622 e. The van der Waals surface area contributed by atoms with Gasteiger partial charge in [0, 0.05) is 0 Å². The van der Waals surface area contributed by atoms with Crippen molar-refractivity contribution < 1.29 is 17.1 Å². The van der Waals surface area contributed by atoms with Gasteiger partial charge in [-0.25, -0.2) is 0 Å². The number of allylic oxidation sites excluding steroid dienone is 5. The maximum atomic E-state index is 2.56. The molecule has 0 N–H and O–H groups in total. The van der Waals surface area contributed by atoms with Crippen molar-refractivity contribution in [1.82, 2.24) is 0 Å². The van der Waals surface area contributed by atoms with Crippen molar-refractivity contribution in [3.05, 3.63) is 135 Å². The van der Waals surface area contributed by atoms with Gasteiger partial charge in [0.2, 0.25) is 0 Å². The summed E-state index contributed by atoms with van der Waals surface area (Å²) in [6, 6.07) is 30.2. The van der Waals surface area contributed by atoms with E-state index in [0.29, 0.717) is 0 Å². The molecule has 2 aliphatic rings. The van der Waals surface area contributed by atoms with Crippen LogP contribution in [0.5, 0.6) is 0 Å². The summed E-state index contributed by atoms with van der Waals surface area (Å²) in [7, 11) is 0. The summed E-state index contributed by atoms with van der Waals surface area (Å²) >= 11 is -1.11. The van der Waals surface area contributed by atoms with Crippen molar-refractivity contribution in [3.63, 3.8) is 0 Å². The van der Waals surface area contributed by atoms with Crippen LogP contribution in [0.2, 0.25) is 13.1 Å². The maximum absolute atomic E-state index is 2.56. The van der Waals surface area contributed by atoms with Crippen LogP contribution in [0.15, 0.2) is 113 Å². The van der Waals surface area contributed by atoms with Gasteiger partial charge in [0.15, 0.2) is 0 Å². The standard InChI is InChI=1S/C14H14.C9H7.C5H5.C2H7Si.Ti/c1-3-7-13(8-4-1)11-12-14-9-5-2-6-10-14;1-2-5-9-7-3-6-8(9)4-1;1-2-4-5-3-1;1-3-2;/h1-10H,11-12H2;1-7H;1-3H,4H2;3H,1-2H3;. The molecule has 1 unspecified atom stereocenters. The molecule has 2 aliphatic carbocycles. The van der Waals surface area contributed by atoms with Gasteiger partial charge in [-0.2, -0.15) is 0 Å². The fraction of sp³-hybridized carbons (Fsp3) is 0.200. The molecule has 3 aromatic rings. The topological polar surface area (TPSA) is 0 Å². The van der Waals surface area contributed by atoms with E-state index in [2.05, 4.69) is 128 Å². The normalized spacial score (nSPS) is 15.8. The molecule has 0 saturated heterocycles. The molecule has 0 heterocycles. The summed E-state index contributed by atoms with van der Waals surface area (Å²) in [5.74, 6) is 0. The van der Waals surface area contributed by atoms with Crippen LogP contribution in [0, 0.1) is 0 Å². The summed E-state index contributed by atoms with van der Waals surface area (Å²) in [6.45, 7) is 4.57. The Morgan fingerprint density at radius 2 is 1.38 bits per heavy atom. The molecule has 0 amide bonds. The molecule has 0 fully saturated rings. The molecule has 161 valence electrons. The summed E-state index contributed by atoms with van der Waals surface area (Å²) in [4.78, 5) is 0. The summed E-state index contributed by atoms with van der Waals surface area (Å²) in [5.41, 5.74) is 5.91. The molecule has 0 aliphatic heterocycles. The van der Waals surface area contributed by atoms with Gasteiger partial charge in [0.1, 0.15) is 0 Å². The molecule has 0 spiro atoms. The molecule has 0 aromatic heterocycles. The van der Waals surface area contributed by atoms with Crippen LogP contribution in [0.3, 0.4) is 0 Å². The van der Waals surface area contributed by atoms with Gasteiger partial charge < -0.3 is 0 Å². The summed E-state index contributed by atoms with van der Waals surface area (Å²) in [5, 5.41) is 0. The van der Waals surface area contributed by atoms with Crippen molar-refractivity contribution in [3.8, 4) is 0 Å². The minimum atomic E-state index is -1.11. The van der Waals surface area contributed by atoms with Crippen LogP contribution in [0.1, 0.15) is 32.9 Å². The zero-order valence-corrected chi connectivity index (χ0v) is 22.0. The predicted molar refractivity (Wildman–Crippen MR) is 139 cm³/mol. The first-order valence-electron chi connectivity index (χ1n) is 11.8. The van der Waals surface area contributed by atoms with Crippen molar-refractivity contribution in [2.24, 2.45) is 0 Å². The maximum Gasteiger partial charge on any atom is -0.0238 e. The van der Waals surface area contributed by atoms with Gasteiger partial charge in [-0.1, -0.05) is 60.7 Å². The summed E-state index contributed by atoms with van der Waals surface area (Å²) < 4.78 is 2.61. The first kappa shape index (κ1) is 23.0. The van der Waals surface area contributed by atoms with E-state index in [4.69, 9.17) is 0 Å². The number of fused-ring (bicyclic) bond motifs is 1. The Bertz CT molecular complexity index is 1040. The van der Waals surface area contributed by atoms with Crippen molar-refractivity contribution in [2.75, 3.05) is 0 Å². The zero-order valence-electron chi connectivity index (χ0n) is 19.2. The molecule has 3 aromatic carbocycles. The van der Waals surface area contributed by atoms with Crippen LogP contribution in [-0.2, 0) is 30.0 Å². The van der Waals surface area contributed by atoms with E-state index in [-0.39, 0.29) is 0 Å². The Balaban J connectivity index is 0.000000158. The van der Waals surface area contributed by atoms with Gasteiger partial charge in [0.25, 0.3) is 0 Å². The number of benzene rings is 3. The van der Waals surface area contributed by atoms with Crippen molar-refractivity contribution in [2.45, 2.75) is 36.6 Å². The van der Waals surface area contributed by atoms with Gasteiger partial charge in [0.05, 0.1) is 0 Å². The number of hydrogen-bond acceptors (Lipinski definition) is 0. The van der Waals surface area contributed by atoms with Gasteiger partial charge >= 0.3 is 117 Å². The average molecular weight is 470 g/mol. The molecule has 5 rings (SSSR count). The zero-order chi connectivity index (χ0) is 22.2. The molecule has 1 atom stereocenters. The third-order valence-corrected chi connectivity index (χ3v) is 19.9. The second-order valence-electron chi connectivity index (χ2n) is 8.87. The Labute approximate surface area is 201 Å². The first-order valence-corrected chi connectivity index (χ1v) is 19.1. The first-order chi connectivity index (χ1) is 15.7. The van der Waals surface area contributed by atoms with E-state index in [0.717, 1.165) is 17.1 Å². The number of aryl methyl sites for hydroxylation is 2. The number of hydrogen-bond donors (Lipinski definition) is 0. The van der Waals surface area contributed by atoms with E-state index in [9.17, 15) is 0 Å². The molecule has 0 bridgehead atoms. The van der Waals surface area contributed by atoms with Crippen molar-refractivity contribution >= 4 is 12.7 Å². The monoisotopic (exact) mass is 469 g/mol. The minimum Gasteiger partial charge on any atom is -0.0622 e. The minimum absolute atomic E-state index is 0.543. The predicted octanol–water partition coefficient (Wildman–Crippen LogP) is 7.67. The molecule has 2 heteroatoms. The molecular weight excluding hydrogens is 436 g/mol. The quantitative estimate of drug-likeness (QED) is 0.325. The van der Waals surface area contributed by atoms with Crippen LogP contribution in [-0.4, -0.2) is 6.66 Å². The summed E-state index contributed by atoms with van der Waals surface area (Å²) in [6.07, 6.45) is 15.4. The number of rotatable bonds is 6. The van der Waals surface area contributed by atoms with Crippen molar-refractivity contribution in [1.29, 1.82) is 0 Å². The van der Waals surface area contributed by atoms with E-state index >= 15 is 0 Å². The van der Waals surface area contributed by atoms with E-state index in [1.54, 1.807) is 5.56 Å². The second-order valence-corrected chi connectivity index (χ2v) is 22.6. The van der Waals surface area contributed by atoms with Gasteiger partial charge in [-0.3, -0.25) is 0 Å². The van der Waals surface area contributed by atoms with E-state index in [1.807, 2.05) is 3.88 Å². The fourth-order valence-corrected chi connectivity index (χ4v) is 18.1. The van der Waals surface area contributed by atoms with Crippen LogP contribution >= 0.6 is 0 Å². The van der Waals surface area contributed by atoms with E-state index in [1.165, 1.54) is 23.1 Å². The van der Waals surface area contributed by atoms with Crippen LogP contribution in [0.4, 0.5) is 0 Å². The molecule has 0 radical (unpaired) electrons. The van der Waals surface area contributed by atoms with Crippen LogP contribution < -0.4 is 0 Å². The Hall–Kier alpha value is -2.19. The van der Waals surface area contributed by atoms with Gasteiger partial charge in [-0.05, 0) is 24.0 Å². The molecule has 32 heavy (non-hydrogen) atoms. The molecule has 0 saturated carbocycles. The second kappa shape index (κ2) is 11.6. The van der Waals surface area contributed by atoms with E-state index < -0.39 is 23.8 Å². The fourth-order valence-electron chi connectivity index (χ4n) is 4.69. The van der Waals surface area contributed by atoms with Gasteiger partial charge in [-0.15, -0.1) is 0 Å². The third kappa shape index (κ3) is 5.98.